The van der Waals surface area contributed by atoms with E-state index in [1.165, 1.54) is 0 Å². The average Bonchev–Trinajstić information content (AvgIpc) is 2.92. The standard InChI is InChI=1S/C14H19N3O2S/c1-2-20(18)9-8-15-11-14-16-13(17-19-14)10-12-6-4-3-5-7-12/h3-7,15H,2,8-11H2,1H3. The number of nitrogens with one attached hydrogen (secondary N) is 1. The lowest BCUT2D eigenvalue weighted by atomic mass is 10.1. The van der Waals surface area contributed by atoms with Gasteiger partial charge in [-0.15, -0.1) is 0 Å². The molecule has 108 valence electrons. The zero-order valence-electron chi connectivity index (χ0n) is 11.5. The van der Waals surface area contributed by atoms with Crippen molar-refractivity contribution in [2.24, 2.45) is 0 Å². The molecule has 20 heavy (non-hydrogen) atoms. The molecular weight excluding hydrogens is 274 g/mol. The van der Waals surface area contributed by atoms with E-state index >= 15 is 0 Å². The second kappa shape index (κ2) is 7.91. The van der Waals surface area contributed by atoms with E-state index in [1.807, 2.05) is 37.3 Å². The molecule has 0 aliphatic heterocycles. The summed E-state index contributed by atoms with van der Waals surface area (Å²) in [5.41, 5.74) is 1.16. The summed E-state index contributed by atoms with van der Waals surface area (Å²) in [6, 6.07) is 10.0. The van der Waals surface area contributed by atoms with Gasteiger partial charge in [-0.05, 0) is 5.56 Å². The van der Waals surface area contributed by atoms with E-state index in [9.17, 15) is 4.21 Å². The van der Waals surface area contributed by atoms with Gasteiger partial charge >= 0.3 is 0 Å². The Balaban J connectivity index is 1.76. The minimum Gasteiger partial charge on any atom is -0.338 e. The van der Waals surface area contributed by atoms with Crippen molar-refractivity contribution >= 4 is 10.8 Å². The second-order valence-corrected chi connectivity index (χ2v) is 6.24. The van der Waals surface area contributed by atoms with Crippen LogP contribution in [0.4, 0.5) is 0 Å². The van der Waals surface area contributed by atoms with Gasteiger partial charge in [0, 0.05) is 35.3 Å². The van der Waals surface area contributed by atoms with E-state index in [2.05, 4.69) is 15.5 Å². The van der Waals surface area contributed by atoms with Crippen LogP contribution in [0.1, 0.15) is 24.2 Å². The molecule has 0 bridgehead atoms. The molecule has 1 N–H and O–H groups in total. The molecule has 0 saturated heterocycles. The van der Waals surface area contributed by atoms with Crippen molar-refractivity contribution in [2.45, 2.75) is 19.9 Å². The average molecular weight is 293 g/mol. The third-order valence-electron chi connectivity index (χ3n) is 2.82. The highest BCUT2D eigenvalue weighted by Gasteiger charge is 2.06. The fraction of sp³-hybridized carbons (Fsp3) is 0.429. The van der Waals surface area contributed by atoms with Crippen LogP contribution in [0.25, 0.3) is 0 Å². The normalized spacial score (nSPS) is 12.4. The molecule has 6 heteroatoms. The summed E-state index contributed by atoms with van der Waals surface area (Å²) in [5, 5.41) is 7.11. The maximum absolute atomic E-state index is 11.3. The molecule has 0 spiro atoms. The monoisotopic (exact) mass is 293 g/mol. The highest BCUT2D eigenvalue weighted by atomic mass is 32.2. The Morgan fingerprint density at radius 2 is 2.10 bits per heavy atom. The third kappa shape index (κ3) is 4.86. The minimum atomic E-state index is -0.735. The van der Waals surface area contributed by atoms with Gasteiger partial charge in [0.25, 0.3) is 0 Å². The van der Waals surface area contributed by atoms with E-state index < -0.39 is 10.8 Å². The van der Waals surface area contributed by atoms with E-state index in [0.717, 1.165) is 5.56 Å². The lowest BCUT2D eigenvalue weighted by Gasteiger charge is -1.99. The molecule has 0 radical (unpaired) electrons. The summed E-state index contributed by atoms with van der Waals surface area (Å²) in [6.07, 6.45) is 0.671. The number of aromatic nitrogens is 2. The Morgan fingerprint density at radius 1 is 1.30 bits per heavy atom. The van der Waals surface area contributed by atoms with Crippen molar-refractivity contribution in [2.75, 3.05) is 18.1 Å². The van der Waals surface area contributed by atoms with Crippen molar-refractivity contribution in [3.63, 3.8) is 0 Å². The van der Waals surface area contributed by atoms with Gasteiger partial charge in [-0.1, -0.05) is 42.4 Å². The predicted octanol–water partition coefficient (Wildman–Crippen LogP) is 1.52. The molecule has 1 atom stereocenters. The molecule has 0 amide bonds. The molecule has 2 rings (SSSR count). The molecule has 1 aromatic carbocycles. The number of rotatable bonds is 8. The Labute approximate surface area is 121 Å². The van der Waals surface area contributed by atoms with Gasteiger partial charge in [0.1, 0.15) is 0 Å². The largest absolute Gasteiger partial charge is 0.338 e. The molecule has 0 aliphatic rings. The Bertz CT molecular complexity index is 542. The summed E-state index contributed by atoms with van der Waals surface area (Å²) in [6.45, 7) is 3.13. The zero-order valence-corrected chi connectivity index (χ0v) is 12.4. The van der Waals surface area contributed by atoms with Crippen LogP contribution in [0.5, 0.6) is 0 Å². The van der Waals surface area contributed by atoms with Crippen LogP contribution in [0, 0.1) is 0 Å². The molecule has 0 aliphatic carbocycles. The number of hydrogen-bond donors (Lipinski definition) is 1. The van der Waals surface area contributed by atoms with Gasteiger partial charge < -0.3 is 9.84 Å². The van der Waals surface area contributed by atoms with Crippen LogP contribution in [-0.4, -0.2) is 32.4 Å². The molecule has 5 nitrogen and oxygen atoms in total. The first-order chi connectivity index (χ1) is 9.78. The Kier molecular flexibility index (Phi) is 5.88. The van der Waals surface area contributed by atoms with Crippen LogP contribution in [-0.2, 0) is 23.8 Å². The third-order valence-corrected chi connectivity index (χ3v) is 4.12. The topological polar surface area (TPSA) is 68.0 Å². The van der Waals surface area contributed by atoms with Crippen molar-refractivity contribution < 1.29 is 8.73 Å². The molecule has 2 aromatic rings. The highest BCUT2D eigenvalue weighted by Crippen LogP contribution is 2.06. The van der Waals surface area contributed by atoms with Gasteiger partial charge in [-0.2, -0.15) is 4.98 Å². The lowest BCUT2D eigenvalue weighted by Crippen LogP contribution is -2.20. The molecule has 0 fully saturated rings. The number of nitrogens with zero attached hydrogens (tertiary/aromatic N) is 2. The predicted molar refractivity (Wildman–Crippen MR) is 78.8 cm³/mol. The smallest absolute Gasteiger partial charge is 0.240 e. The minimum absolute atomic E-state index is 0.517. The van der Waals surface area contributed by atoms with Gasteiger partial charge in [-0.3, -0.25) is 4.21 Å². The van der Waals surface area contributed by atoms with Gasteiger partial charge in [0.15, 0.2) is 5.82 Å². The highest BCUT2D eigenvalue weighted by molar-refractivity contribution is 7.84. The summed E-state index contributed by atoms with van der Waals surface area (Å²) >= 11 is 0. The van der Waals surface area contributed by atoms with Gasteiger partial charge in [0.05, 0.1) is 6.54 Å². The quantitative estimate of drug-likeness (QED) is 0.747. The molecule has 1 heterocycles. The van der Waals surface area contributed by atoms with Crippen molar-refractivity contribution in [3.8, 4) is 0 Å². The molecule has 1 aromatic heterocycles. The summed E-state index contributed by atoms with van der Waals surface area (Å²) in [4.78, 5) is 4.33. The first-order valence-electron chi connectivity index (χ1n) is 6.69. The molecule has 0 saturated carbocycles. The maximum Gasteiger partial charge on any atom is 0.240 e. The zero-order chi connectivity index (χ0) is 14.2. The number of hydrogen-bond acceptors (Lipinski definition) is 5. The summed E-state index contributed by atoms with van der Waals surface area (Å²) in [7, 11) is -0.735. The van der Waals surface area contributed by atoms with Gasteiger partial charge in [0.2, 0.25) is 5.89 Å². The summed E-state index contributed by atoms with van der Waals surface area (Å²) in [5.74, 6) is 2.61. The van der Waals surface area contributed by atoms with Crippen LogP contribution in [0.15, 0.2) is 34.9 Å². The van der Waals surface area contributed by atoms with Crippen molar-refractivity contribution in [1.29, 1.82) is 0 Å². The first kappa shape index (κ1) is 14.9. The summed E-state index contributed by atoms with van der Waals surface area (Å²) < 4.78 is 16.4. The van der Waals surface area contributed by atoms with E-state index in [-0.39, 0.29) is 0 Å². The number of benzene rings is 1. The Hall–Kier alpha value is -1.53. The fourth-order valence-electron chi connectivity index (χ4n) is 1.74. The van der Waals surface area contributed by atoms with Gasteiger partial charge in [-0.25, -0.2) is 0 Å². The van der Waals surface area contributed by atoms with Crippen LogP contribution in [0.3, 0.4) is 0 Å². The molecule has 1 unspecified atom stereocenters. The first-order valence-corrected chi connectivity index (χ1v) is 8.18. The lowest BCUT2D eigenvalue weighted by molar-refractivity contribution is 0.365. The van der Waals surface area contributed by atoms with E-state index in [4.69, 9.17) is 4.52 Å². The van der Waals surface area contributed by atoms with Crippen molar-refractivity contribution in [3.05, 3.63) is 47.6 Å². The maximum atomic E-state index is 11.3. The van der Waals surface area contributed by atoms with E-state index in [0.29, 0.717) is 42.7 Å². The Morgan fingerprint density at radius 3 is 2.85 bits per heavy atom. The van der Waals surface area contributed by atoms with E-state index in [1.54, 1.807) is 0 Å². The fourth-order valence-corrected chi connectivity index (χ4v) is 2.40. The SMILES string of the molecule is CCS(=O)CCNCc1nc(Cc2ccccc2)no1. The molecular formula is C14H19N3O2S. The van der Waals surface area contributed by atoms with Crippen LogP contribution < -0.4 is 5.32 Å². The van der Waals surface area contributed by atoms with Crippen LogP contribution in [0.2, 0.25) is 0 Å². The van der Waals surface area contributed by atoms with Crippen molar-refractivity contribution in [1.82, 2.24) is 15.5 Å². The second-order valence-electron chi connectivity index (χ2n) is 4.38. The van der Waals surface area contributed by atoms with Crippen LogP contribution >= 0.6 is 0 Å².